The third kappa shape index (κ3) is 4.18. The van der Waals surface area contributed by atoms with Gasteiger partial charge < -0.3 is 5.32 Å². The van der Waals surface area contributed by atoms with E-state index in [1.54, 1.807) is 0 Å². The van der Waals surface area contributed by atoms with Crippen molar-refractivity contribution in [2.45, 2.75) is 39.3 Å². The van der Waals surface area contributed by atoms with Crippen molar-refractivity contribution in [3.63, 3.8) is 0 Å². The van der Waals surface area contributed by atoms with Crippen molar-refractivity contribution < 1.29 is 0 Å². The van der Waals surface area contributed by atoms with Gasteiger partial charge in [0.05, 0.1) is 11.6 Å². The molecule has 1 N–H and O–H groups in total. The maximum Gasteiger partial charge on any atom is 0.0991 e. The fourth-order valence-electron chi connectivity index (χ4n) is 2.42. The zero-order chi connectivity index (χ0) is 15.1. The molecule has 108 valence electrons. The molecule has 0 spiro atoms. The zero-order valence-electron chi connectivity index (χ0n) is 12.8. The molecule has 0 radical (unpaired) electrons. The lowest BCUT2D eigenvalue weighted by Gasteiger charge is -2.18. The molecule has 2 nitrogen and oxygen atoms in total. The fraction of sp³-hybridized carbons (Fsp3) is 0.316. The lowest BCUT2D eigenvalue weighted by atomic mass is 10.0. The van der Waals surface area contributed by atoms with E-state index in [9.17, 15) is 0 Å². The SMILES string of the molecule is CCc1ccc(C(CC)NCc2ccc(C#N)cc2)cc1. The van der Waals surface area contributed by atoms with E-state index < -0.39 is 0 Å². The van der Waals surface area contributed by atoms with Crippen molar-refractivity contribution in [1.82, 2.24) is 5.32 Å². The van der Waals surface area contributed by atoms with Crippen LogP contribution in [-0.4, -0.2) is 0 Å². The summed E-state index contributed by atoms with van der Waals surface area (Å²) in [7, 11) is 0. The first-order valence-electron chi connectivity index (χ1n) is 7.58. The lowest BCUT2D eigenvalue weighted by Crippen LogP contribution is -2.20. The Bertz CT molecular complexity index is 591. The van der Waals surface area contributed by atoms with Crippen LogP contribution in [0, 0.1) is 11.3 Å². The minimum absolute atomic E-state index is 0.367. The van der Waals surface area contributed by atoms with Crippen LogP contribution in [0.25, 0.3) is 0 Å². The monoisotopic (exact) mass is 278 g/mol. The van der Waals surface area contributed by atoms with E-state index in [2.05, 4.69) is 49.5 Å². The summed E-state index contributed by atoms with van der Waals surface area (Å²) < 4.78 is 0. The fourth-order valence-corrected chi connectivity index (χ4v) is 2.42. The molecular formula is C19H22N2. The molecule has 0 amide bonds. The van der Waals surface area contributed by atoms with Gasteiger partial charge in [-0.1, -0.05) is 50.2 Å². The molecule has 2 aromatic rings. The molecule has 0 aromatic heterocycles. The summed E-state index contributed by atoms with van der Waals surface area (Å²) in [5, 5.41) is 12.4. The van der Waals surface area contributed by atoms with Crippen molar-refractivity contribution >= 4 is 0 Å². The van der Waals surface area contributed by atoms with Gasteiger partial charge in [-0.2, -0.15) is 5.26 Å². The molecule has 2 heteroatoms. The average molecular weight is 278 g/mol. The number of nitrogens with zero attached hydrogens (tertiary/aromatic N) is 1. The molecule has 1 unspecified atom stereocenters. The number of hydrogen-bond donors (Lipinski definition) is 1. The third-order valence-corrected chi connectivity index (χ3v) is 3.83. The van der Waals surface area contributed by atoms with Gasteiger partial charge in [0.1, 0.15) is 0 Å². The van der Waals surface area contributed by atoms with E-state index in [-0.39, 0.29) is 0 Å². The van der Waals surface area contributed by atoms with Crippen molar-refractivity contribution in [2.75, 3.05) is 0 Å². The second-order valence-corrected chi connectivity index (χ2v) is 5.25. The first kappa shape index (κ1) is 15.3. The molecule has 0 fully saturated rings. The van der Waals surface area contributed by atoms with Crippen LogP contribution in [0.15, 0.2) is 48.5 Å². The van der Waals surface area contributed by atoms with Crippen LogP contribution in [0.3, 0.4) is 0 Å². The van der Waals surface area contributed by atoms with E-state index in [1.807, 2.05) is 24.3 Å². The summed E-state index contributed by atoms with van der Waals surface area (Å²) in [5.41, 5.74) is 4.63. The van der Waals surface area contributed by atoms with Crippen LogP contribution in [0.2, 0.25) is 0 Å². The molecular weight excluding hydrogens is 256 g/mol. The Hall–Kier alpha value is -2.11. The first-order chi connectivity index (χ1) is 10.3. The third-order valence-electron chi connectivity index (χ3n) is 3.83. The molecule has 2 aromatic carbocycles. The minimum atomic E-state index is 0.367. The van der Waals surface area contributed by atoms with Crippen molar-refractivity contribution in [2.24, 2.45) is 0 Å². The maximum absolute atomic E-state index is 8.81. The predicted octanol–water partition coefficient (Wildman–Crippen LogP) is 4.36. The number of rotatable bonds is 6. The number of nitriles is 1. The Morgan fingerprint density at radius 3 is 2.10 bits per heavy atom. The largest absolute Gasteiger partial charge is 0.306 e. The first-order valence-corrected chi connectivity index (χ1v) is 7.58. The van der Waals surface area contributed by atoms with Gasteiger partial charge in [-0.15, -0.1) is 0 Å². The van der Waals surface area contributed by atoms with Gasteiger partial charge in [0, 0.05) is 12.6 Å². The van der Waals surface area contributed by atoms with E-state index in [0.29, 0.717) is 11.6 Å². The standard InChI is InChI=1S/C19H22N2/c1-3-15-9-11-18(12-10-15)19(4-2)21-14-17-7-5-16(13-20)6-8-17/h5-12,19,21H,3-4,14H2,1-2H3. The van der Waals surface area contributed by atoms with E-state index in [0.717, 1.165) is 19.4 Å². The Morgan fingerprint density at radius 1 is 0.952 bits per heavy atom. The Kier molecular flexibility index (Phi) is 5.54. The van der Waals surface area contributed by atoms with Crippen molar-refractivity contribution in [3.8, 4) is 6.07 Å². The normalized spacial score (nSPS) is 11.9. The van der Waals surface area contributed by atoms with Crippen LogP contribution < -0.4 is 5.32 Å². The van der Waals surface area contributed by atoms with Gasteiger partial charge in [-0.3, -0.25) is 0 Å². The predicted molar refractivity (Wildman–Crippen MR) is 86.8 cm³/mol. The van der Waals surface area contributed by atoms with Gasteiger partial charge in [0.25, 0.3) is 0 Å². The second-order valence-electron chi connectivity index (χ2n) is 5.25. The summed E-state index contributed by atoms with van der Waals surface area (Å²) in [6.45, 7) is 5.19. The van der Waals surface area contributed by atoms with Gasteiger partial charge in [0.15, 0.2) is 0 Å². The van der Waals surface area contributed by atoms with Crippen LogP contribution in [0.5, 0.6) is 0 Å². The van der Waals surface area contributed by atoms with E-state index in [4.69, 9.17) is 5.26 Å². The molecule has 0 aliphatic rings. The molecule has 0 aliphatic carbocycles. The van der Waals surface area contributed by atoms with Crippen molar-refractivity contribution in [3.05, 3.63) is 70.8 Å². The van der Waals surface area contributed by atoms with Gasteiger partial charge in [-0.05, 0) is 41.7 Å². The lowest BCUT2D eigenvalue weighted by molar-refractivity contribution is 0.519. The Labute approximate surface area is 127 Å². The second kappa shape index (κ2) is 7.61. The number of aryl methyl sites for hydroxylation is 1. The van der Waals surface area contributed by atoms with Crippen LogP contribution in [-0.2, 0) is 13.0 Å². The number of benzene rings is 2. The van der Waals surface area contributed by atoms with Crippen LogP contribution in [0.1, 0.15) is 48.6 Å². The summed E-state index contributed by atoms with van der Waals surface area (Å²) in [5.74, 6) is 0. The smallest absolute Gasteiger partial charge is 0.0991 e. The molecule has 0 saturated carbocycles. The number of hydrogen-bond acceptors (Lipinski definition) is 2. The average Bonchev–Trinajstić information content (AvgIpc) is 2.56. The highest BCUT2D eigenvalue weighted by molar-refractivity contribution is 5.31. The molecule has 0 heterocycles. The van der Waals surface area contributed by atoms with Crippen molar-refractivity contribution in [1.29, 1.82) is 5.26 Å². The summed E-state index contributed by atoms with van der Waals surface area (Å²) in [4.78, 5) is 0. The summed E-state index contributed by atoms with van der Waals surface area (Å²) in [6.07, 6.45) is 2.14. The topological polar surface area (TPSA) is 35.8 Å². The molecule has 1 atom stereocenters. The summed E-state index contributed by atoms with van der Waals surface area (Å²) >= 11 is 0. The number of nitrogens with one attached hydrogen (secondary N) is 1. The highest BCUT2D eigenvalue weighted by Gasteiger charge is 2.08. The minimum Gasteiger partial charge on any atom is -0.306 e. The quantitative estimate of drug-likeness (QED) is 0.852. The Balaban J connectivity index is 1.99. The van der Waals surface area contributed by atoms with Gasteiger partial charge in [0.2, 0.25) is 0 Å². The molecule has 0 aliphatic heterocycles. The van der Waals surface area contributed by atoms with Crippen LogP contribution in [0.4, 0.5) is 0 Å². The molecule has 0 bridgehead atoms. The van der Waals surface area contributed by atoms with Gasteiger partial charge in [-0.25, -0.2) is 0 Å². The molecule has 0 saturated heterocycles. The van der Waals surface area contributed by atoms with Gasteiger partial charge >= 0.3 is 0 Å². The van der Waals surface area contributed by atoms with Crippen LogP contribution >= 0.6 is 0 Å². The Morgan fingerprint density at radius 2 is 1.57 bits per heavy atom. The highest BCUT2D eigenvalue weighted by atomic mass is 14.9. The maximum atomic E-state index is 8.81. The highest BCUT2D eigenvalue weighted by Crippen LogP contribution is 2.18. The molecule has 2 rings (SSSR count). The summed E-state index contributed by atoms with van der Waals surface area (Å²) in [6, 6.07) is 19.1. The van der Waals surface area contributed by atoms with E-state index in [1.165, 1.54) is 16.7 Å². The van der Waals surface area contributed by atoms with E-state index >= 15 is 0 Å². The molecule has 21 heavy (non-hydrogen) atoms. The zero-order valence-corrected chi connectivity index (χ0v) is 12.8.